The highest BCUT2D eigenvalue weighted by atomic mass is 19.1. The summed E-state index contributed by atoms with van der Waals surface area (Å²) in [6, 6.07) is 8.81. The van der Waals surface area contributed by atoms with Crippen molar-refractivity contribution in [1.82, 2.24) is 14.3 Å². The number of amides is 1. The van der Waals surface area contributed by atoms with E-state index in [-0.39, 0.29) is 23.8 Å². The second-order valence-electron chi connectivity index (χ2n) is 6.07. The highest BCUT2D eigenvalue weighted by molar-refractivity contribution is 5.89. The van der Waals surface area contributed by atoms with E-state index in [1.807, 2.05) is 0 Å². The molecule has 1 heterocycles. The molecule has 0 saturated carbocycles. The molecule has 29 heavy (non-hydrogen) atoms. The number of rotatable bonds is 5. The zero-order valence-corrected chi connectivity index (χ0v) is 15.5. The summed E-state index contributed by atoms with van der Waals surface area (Å²) in [6.07, 6.45) is 0. The number of carbonyl (C=O) groups is 1. The Balaban J connectivity index is 2.15. The van der Waals surface area contributed by atoms with Gasteiger partial charge in [-0.25, -0.2) is 18.1 Å². The minimum absolute atomic E-state index is 0.103. The van der Waals surface area contributed by atoms with Gasteiger partial charge in [-0.15, -0.1) is 5.10 Å². The normalized spacial score (nSPS) is 10.6. The van der Waals surface area contributed by atoms with Crippen LogP contribution in [0.2, 0.25) is 0 Å². The van der Waals surface area contributed by atoms with Crippen LogP contribution in [0.4, 0.5) is 14.5 Å². The van der Waals surface area contributed by atoms with Crippen LogP contribution in [0.25, 0.3) is 5.69 Å². The van der Waals surface area contributed by atoms with E-state index in [9.17, 15) is 23.2 Å². The second kappa shape index (κ2) is 8.05. The number of nitrogens with one attached hydrogen (secondary N) is 1. The number of aromatic nitrogens is 3. The Morgan fingerprint density at radius 1 is 1.14 bits per heavy atom. The Labute approximate surface area is 163 Å². The molecule has 0 radical (unpaired) electrons. The first-order valence-corrected chi connectivity index (χ1v) is 8.40. The highest BCUT2D eigenvalue weighted by Crippen LogP contribution is 2.18. The van der Waals surface area contributed by atoms with Crippen molar-refractivity contribution in [3.8, 4) is 11.6 Å². The molecule has 2 aromatic carbocycles. The number of hydrogen-bond donors (Lipinski definition) is 1. The van der Waals surface area contributed by atoms with E-state index in [1.54, 1.807) is 0 Å². The standard InChI is InChI=1S/C19H16F2N4O4/c1-11(26)22-16-9-14(7-8-15(16)21)25-19(28)24(18(27)17(23-25)29-2)10-12-3-5-13(20)6-4-12/h3-9H,10H2,1-2H3,(H,22,26). The Bertz CT molecular complexity index is 1190. The zero-order valence-electron chi connectivity index (χ0n) is 15.5. The van der Waals surface area contributed by atoms with E-state index < -0.39 is 28.8 Å². The van der Waals surface area contributed by atoms with Crippen molar-refractivity contribution >= 4 is 11.6 Å². The predicted octanol–water partition coefficient (Wildman–Crippen LogP) is 1.69. The third-order valence-electron chi connectivity index (χ3n) is 3.98. The summed E-state index contributed by atoms with van der Waals surface area (Å²) in [5.74, 6) is -2.02. The maximum absolute atomic E-state index is 13.9. The maximum atomic E-state index is 13.9. The lowest BCUT2D eigenvalue weighted by Gasteiger charge is -2.13. The van der Waals surface area contributed by atoms with Gasteiger partial charge in [0.15, 0.2) is 0 Å². The number of anilines is 1. The van der Waals surface area contributed by atoms with E-state index in [1.165, 1.54) is 50.4 Å². The van der Waals surface area contributed by atoms with Crippen LogP contribution in [0.3, 0.4) is 0 Å². The molecule has 1 N–H and O–H groups in total. The summed E-state index contributed by atoms with van der Waals surface area (Å²) in [5, 5.41) is 6.19. The van der Waals surface area contributed by atoms with Gasteiger partial charge in [-0.1, -0.05) is 12.1 Å². The smallest absolute Gasteiger partial charge is 0.352 e. The molecule has 0 spiro atoms. The number of halogens is 2. The molecular weight excluding hydrogens is 386 g/mol. The molecule has 0 unspecified atom stereocenters. The molecular formula is C19H16F2N4O4. The summed E-state index contributed by atoms with van der Waals surface area (Å²) in [4.78, 5) is 36.7. The van der Waals surface area contributed by atoms with E-state index in [2.05, 4.69) is 10.4 Å². The number of ether oxygens (including phenoxy) is 1. The summed E-state index contributed by atoms with van der Waals surface area (Å²) in [7, 11) is 1.22. The highest BCUT2D eigenvalue weighted by Gasteiger charge is 2.17. The average Bonchev–Trinajstić information content (AvgIpc) is 2.68. The Hall–Kier alpha value is -3.82. The van der Waals surface area contributed by atoms with Crippen LogP contribution in [0.1, 0.15) is 12.5 Å². The van der Waals surface area contributed by atoms with E-state index in [0.717, 1.165) is 15.3 Å². The van der Waals surface area contributed by atoms with Crippen molar-refractivity contribution in [1.29, 1.82) is 0 Å². The molecule has 0 aliphatic heterocycles. The largest absolute Gasteiger partial charge is 0.476 e. The number of carbonyl (C=O) groups excluding carboxylic acids is 1. The van der Waals surface area contributed by atoms with E-state index >= 15 is 0 Å². The molecule has 1 amide bonds. The minimum atomic E-state index is -0.819. The maximum Gasteiger partial charge on any atom is 0.352 e. The van der Waals surface area contributed by atoms with Gasteiger partial charge in [0.05, 0.1) is 25.0 Å². The van der Waals surface area contributed by atoms with Crippen molar-refractivity contribution in [2.45, 2.75) is 13.5 Å². The second-order valence-corrected chi connectivity index (χ2v) is 6.07. The summed E-state index contributed by atoms with van der Waals surface area (Å²) in [5.41, 5.74) is -1.14. The van der Waals surface area contributed by atoms with Crippen LogP contribution in [-0.4, -0.2) is 27.4 Å². The molecule has 0 fully saturated rings. The predicted molar refractivity (Wildman–Crippen MR) is 100 cm³/mol. The quantitative estimate of drug-likeness (QED) is 0.701. The molecule has 0 atom stereocenters. The fraction of sp³-hybridized carbons (Fsp3) is 0.158. The molecule has 0 aliphatic carbocycles. The van der Waals surface area contributed by atoms with Gasteiger partial charge in [-0.3, -0.25) is 9.59 Å². The molecule has 10 heteroatoms. The first-order valence-electron chi connectivity index (χ1n) is 8.40. The molecule has 8 nitrogen and oxygen atoms in total. The van der Waals surface area contributed by atoms with Crippen LogP contribution < -0.4 is 21.3 Å². The van der Waals surface area contributed by atoms with Gasteiger partial charge < -0.3 is 10.1 Å². The summed E-state index contributed by atoms with van der Waals surface area (Å²) >= 11 is 0. The fourth-order valence-corrected chi connectivity index (χ4v) is 2.63. The van der Waals surface area contributed by atoms with Gasteiger partial charge in [-0.05, 0) is 35.9 Å². The van der Waals surface area contributed by atoms with Crippen molar-refractivity contribution in [2.24, 2.45) is 0 Å². The van der Waals surface area contributed by atoms with Crippen molar-refractivity contribution in [3.05, 3.63) is 80.5 Å². The van der Waals surface area contributed by atoms with Gasteiger partial charge in [0.2, 0.25) is 5.91 Å². The molecule has 3 aromatic rings. The first-order chi connectivity index (χ1) is 13.8. The number of methoxy groups -OCH3 is 1. The van der Waals surface area contributed by atoms with Crippen LogP contribution in [0.5, 0.6) is 5.88 Å². The number of benzene rings is 2. The topological polar surface area (TPSA) is 95.2 Å². The zero-order chi connectivity index (χ0) is 21.1. The van der Waals surface area contributed by atoms with Crippen molar-refractivity contribution < 1.29 is 18.3 Å². The SMILES string of the molecule is COc1nn(-c2ccc(F)c(NC(C)=O)c2)c(=O)n(Cc2ccc(F)cc2)c1=O. The first kappa shape index (κ1) is 19.9. The third-order valence-corrected chi connectivity index (χ3v) is 3.98. The van der Waals surface area contributed by atoms with Crippen LogP contribution in [0, 0.1) is 11.6 Å². The van der Waals surface area contributed by atoms with E-state index in [4.69, 9.17) is 4.74 Å². The number of hydrogen-bond acceptors (Lipinski definition) is 5. The monoisotopic (exact) mass is 402 g/mol. The van der Waals surface area contributed by atoms with Crippen LogP contribution in [-0.2, 0) is 11.3 Å². The lowest BCUT2D eigenvalue weighted by atomic mass is 10.2. The lowest BCUT2D eigenvalue weighted by molar-refractivity contribution is -0.114. The van der Waals surface area contributed by atoms with Gasteiger partial charge >= 0.3 is 11.2 Å². The fourth-order valence-electron chi connectivity index (χ4n) is 2.63. The molecule has 0 aliphatic rings. The average molecular weight is 402 g/mol. The van der Waals surface area contributed by atoms with Gasteiger partial charge in [0.25, 0.3) is 5.88 Å². The molecule has 3 rings (SSSR count). The van der Waals surface area contributed by atoms with Crippen molar-refractivity contribution in [3.63, 3.8) is 0 Å². The molecule has 150 valence electrons. The molecule has 0 saturated heterocycles. The number of nitrogens with zero attached hydrogens (tertiary/aromatic N) is 3. The van der Waals surface area contributed by atoms with Crippen molar-refractivity contribution in [2.75, 3.05) is 12.4 Å². The van der Waals surface area contributed by atoms with Crippen LogP contribution >= 0.6 is 0 Å². The van der Waals surface area contributed by atoms with Gasteiger partial charge in [-0.2, -0.15) is 4.68 Å². The lowest BCUT2D eigenvalue weighted by Crippen LogP contribution is -2.41. The molecule has 0 bridgehead atoms. The van der Waals surface area contributed by atoms with Gasteiger partial charge in [0, 0.05) is 6.92 Å². The molecule has 1 aromatic heterocycles. The Morgan fingerprint density at radius 2 is 1.83 bits per heavy atom. The van der Waals surface area contributed by atoms with Gasteiger partial charge in [0.1, 0.15) is 11.6 Å². The minimum Gasteiger partial charge on any atom is -0.476 e. The third kappa shape index (κ3) is 4.21. The van der Waals surface area contributed by atoms with Crippen LogP contribution in [0.15, 0.2) is 52.1 Å². The Kier molecular flexibility index (Phi) is 5.53. The van der Waals surface area contributed by atoms with E-state index in [0.29, 0.717) is 5.56 Å². The Morgan fingerprint density at radius 3 is 2.45 bits per heavy atom. The summed E-state index contributed by atoms with van der Waals surface area (Å²) in [6.45, 7) is 1.05. The summed E-state index contributed by atoms with van der Waals surface area (Å²) < 4.78 is 33.7.